The van der Waals surface area contributed by atoms with Gasteiger partial charge in [-0.25, -0.2) is 0 Å². The number of hydrogen-bond acceptors (Lipinski definition) is 2. The van der Waals surface area contributed by atoms with E-state index in [1.54, 1.807) is 6.07 Å². The lowest BCUT2D eigenvalue weighted by Crippen LogP contribution is -2.22. The fraction of sp³-hybridized carbons (Fsp3) is 0.0909. The lowest BCUT2D eigenvalue weighted by atomic mass is 10.0. The van der Waals surface area contributed by atoms with E-state index in [-0.39, 0.29) is 10.9 Å². The van der Waals surface area contributed by atoms with E-state index in [0.29, 0.717) is 5.39 Å². The average molecular weight is 225 g/mol. The highest BCUT2D eigenvalue weighted by Crippen LogP contribution is 2.26. The molecule has 1 heterocycles. The summed E-state index contributed by atoms with van der Waals surface area (Å²) in [6, 6.07) is 5.57. The highest BCUT2D eigenvalue weighted by molar-refractivity contribution is 6.10. The zero-order valence-electron chi connectivity index (χ0n) is 7.95. The molecule has 2 nitrogen and oxygen atoms in total. The van der Waals surface area contributed by atoms with Crippen LogP contribution in [0.3, 0.4) is 0 Å². The van der Waals surface area contributed by atoms with Crippen LogP contribution in [-0.2, 0) is 0 Å². The van der Waals surface area contributed by atoms with Crippen LogP contribution in [0.1, 0.15) is 10.4 Å². The smallest absolute Gasteiger partial charge is 0.284 e. The number of fused-ring (bicyclic) bond motifs is 1. The Bertz CT molecular complexity index is 543. The van der Waals surface area contributed by atoms with Crippen molar-refractivity contribution in [2.75, 3.05) is 0 Å². The second kappa shape index (κ2) is 3.59. The van der Waals surface area contributed by atoms with E-state index >= 15 is 0 Å². The van der Waals surface area contributed by atoms with Crippen molar-refractivity contribution in [2.45, 2.75) is 6.18 Å². The van der Waals surface area contributed by atoms with Gasteiger partial charge in [0.15, 0.2) is 0 Å². The third-order valence-electron chi connectivity index (χ3n) is 2.18. The summed E-state index contributed by atoms with van der Waals surface area (Å²) in [4.78, 5) is 14.9. The number of Topliss-reactive ketones (excluding diaryl/α,β-unsaturated/α-hetero) is 1. The average Bonchev–Trinajstić information content (AvgIpc) is 2.26. The minimum Gasteiger partial charge on any atom is -0.284 e. The largest absolute Gasteiger partial charge is 0.454 e. The molecular formula is C11H6F3NO. The first-order valence-electron chi connectivity index (χ1n) is 4.44. The quantitative estimate of drug-likeness (QED) is 0.698. The van der Waals surface area contributed by atoms with E-state index in [9.17, 15) is 18.0 Å². The molecule has 0 N–H and O–H groups in total. The number of aromatic nitrogens is 1. The molecule has 1 aromatic carbocycles. The van der Waals surface area contributed by atoms with Gasteiger partial charge in [0.2, 0.25) is 0 Å². The van der Waals surface area contributed by atoms with Gasteiger partial charge >= 0.3 is 6.18 Å². The number of ketones is 1. The second-order valence-electron chi connectivity index (χ2n) is 3.23. The molecule has 0 fully saturated rings. The van der Waals surface area contributed by atoms with E-state index in [4.69, 9.17) is 0 Å². The van der Waals surface area contributed by atoms with Crippen molar-refractivity contribution < 1.29 is 18.0 Å². The molecule has 5 heteroatoms. The number of nitrogens with zero attached hydrogens (tertiary/aromatic N) is 1. The standard InChI is InChI=1S/C11H6F3NO/c12-11(13,14)10(16)9-3-1-2-7-6-15-5-4-8(7)9/h1-6H. The molecule has 82 valence electrons. The van der Waals surface area contributed by atoms with Gasteiger partial charge in [0.05, 0.1) is 0 Å². The van der Waals surface area contributed by atoms with Crippen LogP contribution >= 0.6 is 0 Å². The van der Waals surface area contributed by atoms with Crippen LogP contribution in [0.25, 0.3) is 10.8 Å². The van der Waals surface area contributed by atoms with Crippen molar-refractivity contribution >= 4 is 16.6 Å². The lowest BCUT2D eigenvalue weighted by Gasteiger charge is -2.07. The molecule has 0 saturated heterocycles. The van der Waals surface area contributed by atoms with Crippen LogP contribution in [0.15, 0.2) is 36.7 Å². The molecule has 0 aliphatic carbocycles. The van der Waals surface area contributed by atoms with E-state index in [1.807, 2.05) is 0 Å². The van der Waals surface area contributed by atoms with Gasteiger partial charge in [-0.3, -0.25) is 9.78 Å². The Balaban J connectivity index is 2.66. The van der Waals surface area contributed by atoms with Gasteiger partial charge in [-0.1, -0.05) is 18.2 Å². The van der Waals surface area contributed by atoms with E-state index in [2.05, 4.69) is 4.98 Å². The van der Waals surface area contributed by atoms with E-state index in [0.717, 1.165) is 6.07 Å². The molecular weight excluding hydrogens is 219 g/mol. The summed E-state index contributed by atoms with van der Waals surface area (Å²) >= 11 is 0. The van der Waals surface area contributed by atoms with Crippen molar-refractivity contribution in [3.63, 3.8) is 0 Å². The molecule has 1 aromatic heterocycles. The minimum absolute atomic E-state index is 0.264. The van der Waals surface area contributed by atoms with Crippen LogP contribution in [0, 0.1) is 0 Å². The maximum atomic E-state index is 12.3. The summed E-state index contributed by atoms with van der Waals surface area (Å²) in [5.74, 6) is -1.83. The van der Waals surface area contributed by atoms with Gasteiger partial charge < -0.3 is 0 Å². The molecule has 0 radical (unpaired) electrons. The predicted octanol–water partition coefficient (Wildman–Crippen LogP) is 2.98. The Kier molecular flexibility index (Phi) is 2.38. The SMILES string of the molecule is O=C(c1cccc2cnccc12)C(F)(F)F. The number of hydrogen-bond donors (Lipinski definition) is 0. The second-order valence-corrected chi connectivity index (χ2v) is 3.23. The van der Waals surface area contributed by atoms with Gasteiger partial charge in [-0.15, -0.1) is 0 Å². The Morgan fingerprint density at radius 2 is 1.94 bits per heavy atom. The maximum Gasteiger partial charge on any atom is 0.454 e. The van der Waals surface area contributed by atoms with Gasteiger partial charge in [-0.2, -0.15) is 13.2 Å². The summed E-state index contributed by atoms with van der Waals surface area (Å²) in [5.41, 5.74) is -0.340. The molecule has 0 aliphatic rings. The summed E-state index contributed by atoms with van der Waals surface area (Å²) in [7, 11) is 0. The Morgan fingerprint density at radius 3 is 2.62 bits per heavy atom. The molecule has 0 amide bonds. The van der Waals surface area contributed by atoms with Crippen molar-refractivity contribution in [3.05, 3.63) is 42.2 Å². The van der Waals surface area contributed by atoms with Gasteiger partial charge in [0.1, 0.15) is 0 Å². The highest BCUT2D eigenvalue weighted by Gasteiger charge is 2.39. The molecule has 16 heavy (non-hydrogen) atoms. The zero-order chi connectivity index (χ0) is 11.8. The maximum absolute atomic E-state index is 12.3. The Labute approximate surface area is 88.7 Å². The molecule has 2 aromatic rings. The first-order valence-corrected chi connectivity index (χ1v) is 4.44. The monoisotopic (exact) mass is 225 g/mol. The molecule has 0 unspecified atom stereocenters. The number of alkyl halides is 3. The summed E-state index contributed by atoms with van der Waals surface area (Å²) in [6.07, 6.45) is -2.07. The Hall–Kier alpha value is -1.91. The molecule has 0 saturated carbocycles. The highest BCUT2D eigenvalue weighted by atomic mass is 19.4. The number of carbonyl (C=O) groups excluding carboxylic acids is 1. The molecule has 0 aliphatic heterocycles. The normalized spacial score (nSPS) is 11.7. The van der Waals surface area contributed by atoms with Crippen LogP contribution in [0.2, 0.25) is 0 Å². The first-order chi connectivity index (χ1) is 7.50. The van der Waals surface area contributed by atoms with Crippen molar-refractivity contribution in [2.24, 2.45) is 0 Å². The third-order valence-corrected chi connectivity index (χ3v) is 2.18. The fourth-order valence-corrected chi connectivity index (χ4v) is 1.47. The molecule has 0 bridgehead atoms. The summed E-state index contributed by atoms with van der Waals surface area (Å²) in [5, 5.41) is 0.775. The van der Waals surface area contributed by atoms with E-state index in [1.165, 1.54) is 24.5 Å². The lowest BCUT2D eigenvalue weighted by molar-refractivity contribution is -0.0884. The minimum atomic E-state index is -4.85. The number of rotatable bonds is 1. The topological polar surface area (TPSA) is 30.0 Å². The zero-order valence-corrected chi connectivity index (χ0v) is 7.95. The fourth-order valence-electron chi connectivity index (χ4n) is 1.47. The summed E-state index contributed by atoms with van der Waals surface area (Å²) in [6.45, 7) is 0. The van der Waals surface area contributed by atoms with Crippen molar-refractivity contribution in [1.29, 1.82) is 0 Å². The summed E-state index contributed by atoms with van der Waals surface area (Å²) < 4.78 is 36.9. The predicted molar refractivity (Wildman–Crippen MR) is 52.1 cm³/mol. The van der Waals surface area contributed by atoms with Crippen LogP contribution < -0.4 is 0 Å². The Morgan fingerprint density at radius 1 is 1.19 bits per heavy atom. The van der Waals surface area contributed by atoms with Crippen LogP contribution in [0.5, 0.6) is 0 Å². The first kappa shape index (κ1) is 10.6. The van der Waals surface area contributed by atoms with Crippen LogP contribution in [0.4, 0.5) is 13.2 Å². The molecule has 0 spiro atoms. The van der Waals surface area contributed by atoms with Crippen molar-refractivity contribution in [3.8, 4) is 0 Å². The number of carbonyl (C=O) groups is 1. The number of benzene rings is 1. The third kappa shape index (κ3) is 1.76. The van der Waals surface area contributed by atoms with E-state index < -0.39 is 12.0 Å². The van der Waals surface area contributed by atoms with Gasteiger partial charge in [-0.05, 0) is 11.5 Å². The van der Waals surface area contributed by atoms with Crippen molar-refractivity contribution in [1.82, 2.24) is 4.98 Å². The number of pyridine rings is 1. The van der Waals surface area contributed by atoms with Gasteiger partial charge in [0.25, 0.3) is 5.78 Å². The van der Waals surface area contributed by atoms with Crippen LogP contribution in [-0.4, -0.2) is 16.9 Å². The molecule has 2 rings (SSSR count). The number of halogens is 3. The molecule has 0 atom stereocenters. The van der Waals surface area contributed by atoms with Gasteiger partial charge in [0, 0.05) is 23.3 Å².